The molecular formula is C55H73F2N9OS. The number of piperazine rings is 1. The van der Waals surface area contributed by atoms with Crippen LogP contribution in [0.2, 0.25) is 0 Å². The van der Waals surface area contributed by atoms with Crippen LogP contribution in [-0.4, -0.2) is 117 Å². The van der Waals surface area contributed by atoms with Crippen LogP contribution in [0.25, 0.3) is 32.6 Å². The summed E-state index contributed by atoms with van der Waals surface area (Å²) in [5.74, 6) is -1.71. The number of alkyl halides is 2. The lowest BCUT2D eigenvalue weighted by molar-refractivity contribution is -0.133. The van der Waals surface area contributed by atoms with Gasteiger partial charge in [-0.05, 0) is 92.3 Å². The van der Waals surface area contributed by atoms with Crippen molar-refractivity contribution in [2.75, 3.05) is 58.9 Å². The fourth-order valence-corrected chi connectivity index (χ4v) is 9.89. The Hall–Kier alpha value is -5.37. The summed E-state index contributed by atoms with van der Waals surface area (Å²) in [5.41, 5.74) is 11.3. The fourth-order valence-electron chi connectivity index (χ4n) is 9.08. The zero-order valence-corrected chi connectivity index (χ0v) is 42.3. The molecule has 5 aromatic rings. The van der Waals surface area contributed by atoms with Crippen LogP contribution in [0.3, 0.4) is 0 Å². The molecule has 10 nitrogen and oxygen atoms in total. The van der Waals surface area contributed by atoms with Crippen molar-refractivity contribution in [2.45, 2.75) is 112 Å². The Morgan fingerprint density at radius 3 is 2.26 bits per heavy atom. The normalized spacial score (nSPS) is 18.5. The number of aliphatic imine (C=N–C) groups is 1. The average molecular weight is 946 g/mol. The van der Waals surface area contributed by atoms with Gasteiger partial charge in [-0.1, -0.05) is 108 Å². The first-order valence-corrected chi connectivity index (χ1v) is 25.6. The van der Waals surface area contributed by atoms with E-state index in [1.807, 2.05) is 75.7 Å². The smallest absolute Gasteiger partial charge is 0.275 e. The molecule has 3 saturated heterocycles. The minimum absolute atomic E-state index is 0.190. The van der Waals surface area contributed by atoms with Gasteiger partial charge in [0.1, 0.15) is 5.84 Å². The third kappa shape index (κ3) is 13.9. The van der Waals surface area contributed by atoms with E-state index in [9.17, 15) is 4.79 Å². The summed E-state index contributed by atoms with van der Waals surface area (Å²) in [6.45, 7) is 24.0. The molecule has 2 atom stereocenters. The second-order valence-corrected chi connectivity index (χ2v) is 19.2. The number of amidine groups is 1. The summed E-state index contributed by atoms with van der Waals surface area (Å²) in [7, 11) is 0. The van der Waals surface area contributed by atoms with Crippen molar-refractivity contribution in [3.63, 3.8) is 0 Å². The van der Waals surface area contributed by atoms with Gasteiger partial charge in [0, 0.05) is 69.3 Å². The number of thiazole rings is 1. The zero-order valence-electron chi connectivity index (χ0n) is 41.5. The number of aromatic nitrogens is 3. The predicted molar refractivity (Wildman–Crippen MR) is 278 cm³/mol. The molecular weight excluding hydrogens is 873 g/mol. The lowest BCUT2D eigenvalue weighted by Crippen LogP contribution is -2.62. The summed E-state index contributed by atoms with van der Waals surface area (Å²) < 4.78 is 31.2. The number of likely N-dealkylation sites (tertiary alicyclic amines) is 2. The summed E-state index contributed by atoms with van der Waals surface area (Å²) in [6, 6.07) is 24.3. The molecule has 6 heterocycles. The number of hydrogen-bond acceptors (Lipinski definition) is 10. The Kier molecular flexibility index (Phi) is 19.4. The number of benzene rings is 3. The van der Waals surface area contributed by atoms with Gasteiger partial charge < -0.3 is 15.1 Å². The molecule has 3 aromatic carbocycles. The number of rotatable bonds is 10. The van der Waals surface area contributed by atoms with Crippen LogP contribution in [0, 0.1) is 13.8 Å². The quantitative estimate of drug-likeness (QED) is 0.148. The van der Waals surface area contributed by atoms with Gasteiger partial charge in [-0.25, -0.2) is 13.8 Å². The second kappa shape index (κ2) is 25.3. The number of carbonyl (C=O) groups is 1. The van der Waals surface area contributed by atoms with E-state index in [2.05, 4.69) is 109 Å². The lowest BCUT2D eigenvalue weighted by atomic mass is 9.97. The van der Waals surface area contributed by atoms with Gasteiger partial charge >= 0.3 is 0 Å². The fraction of sp³-hybridized carbons (Fsp3) is 0.473. The Bertz CT molecular complexity index is 2450. The van der Waals surface area contributed by atoms with Gasteiger partial charge in [-0.15, -0.1) is 21.5 Å². The number of halogens is 2. The van der Waals surface area contributed by atoms with Crippen LogP contribution < -0.4 is 5.32 Å². The molecule has 2 unspecified atom stereocenters. The second-order valence-electron chi connectivity index (χ2n) is 18.4. The van der Waals surface area contributed by atoms with Gasteiger partial charge in [0.15, 0.2) is 0 Å². The van der Waals surface area contributed by atoms with E-state index in [4.69, 9.17) is 0 Å². The first kappa shape index (κ1) is 52.0. The minimum atomic E-state index is -2.80. The topological polar surface area (TPSA) is 93.1 Å². The standard InChI is InChI=1S/C35H41F2N7O.C14H16N2S.2C3H8/c1-25-6-2-3-7-29(25)31-21-28-9-8-26(18-30(28)39-40-31)23-41-13-10-32(35(36,37)24-41)42-14-16-43(17-15-42)33-19-27(22-38-33)20-34(45)44-11-4-5-12-44;1-4-15-10(2)12-5-7-13(8-6-12)14-11(3)16-9-17-14;2*1-3-2/h2-3,6-9,18-19,21,32H,4-5,10-17,20,22-24H2,1H3;4-10,15H,1H2,2-3H3;2*3H2,1-2H3. The number of carbonyl (C=O) groups excluding carboxylic acids is 1. The van der Waals surface area contributed by atoms with E-state index in [0.717, 1.165) is 76.3 Å². The maximum absolute atomic E-state index is 15.6. The van der Waals surface area contributed by atoms with Crippen molar-refractivity contribution in [3.05, 3.63) is 125 Å². The summed E-state index contributed by atoms with van der Waals surface area (Å²) in [4.78, 5) is 30.7. The Labute approximate surface area is 408 Å². The molecule has 364 valence electrons. The highest BCUT2D eigenvalue weighted by atomic mass is 32.1. The predicted octanol–water partition coefficient (Wildman–Crippen LogP) is 11.5. The number of nitrogens with zero attached hydrogens (tertiary/aromatic N) is 8. The Morgan fingerprint density at radius 1 is 0.912 bits per heavy atom. The molecule has 9 rings (SSSR count). The van der Waals surface area contributed by atoms with E-state index >= 15 is 8.78 Å². The van der Waals surface area contributed by atoms with Crippen LogP contribution >= 0.6 is 11.3 Å². The van der Waals surface area contributed by atoms with Crippen molar-refractivity contribution in [3.8, 4) is 21.7 Å². The molecule has 4 aliphatic rings. The highest BCUT2D eigenvalue weighted by Gasteiger charge is 2.48. The van der Waals surface area contributed by atoms with E-state index in [0.29, 0.717) is 64.7 Å². The van der Waals surface area contributed by atoms with Gasteiger partial charge in [0.25, 0.3) is 5.92 Å². The number of aryl methyl sites for hydroxylation is 2. The number of fused-ring (bicyclic) bond motifs is 1. The summed E-state index contributed by atoms with van der Waals surface area (Å²) >= 11 is 1.68. The van der Waals surface area contributed by atoms with Crippen LogP contribution in [0.15, 0.2) is 108 Å². The SMILES string of the molecule is C=CNC(C)c1ccc(-c2scnc2C)cc1.CCC.CCC.Cc1ccccc1-c1cc2ccc(CN3CCC(N4CCN(C5=NCC(CC(=O)N6CCCC6)=C5)CC4)C(F)(F)C3)cc2nn1. The van der Waals surface area contributed by atoms with E-state index < -0.39 is 12.0 Å². The Balaban J connectivity index is 0.000000274. The van der Waals surface area contributed by atoms with Gasteiger partial charge in [0.2, 0.25) is 5.91 Å². The first-order valence-electron chi connectivity index (χ1n) is 24.7. The van der Waals surface area contributed by atoms with E-state index in [-0.39, 0.29) is 12.5 Å². The Morgan fingerprint density at radius 2 is 1.62 bits per heavy atom. The number of hydrogen-bond donors (Lipinski definition) is 1. The highest BCUT2D eigenvalue weighted by molar-refractivity contribution is 7.13. The van der Waals surface area contributed by atoms with Gasteiger partial charge in [-0.2, -0.15) is 0 Å². The van der Waals surface area contributed by atoms with E-state index in [1.54, 1.807) is 17.5 Å². The van der Waals surface area contributed by atoms with Crippen molar-refractivity contribution >= 4 is 34.0 Å². The zero-order chi connectivity index (χ0) is 48.6. The number of nitrogens with one attached hydrogen (secondary N) is 1. The third-order valence-electron chi connectivity index (χ3n) is 12.6. The molecule has 0 saturated carbocycles. The molecule has 4 aliphatic heterocycles. The molecule has 68 heavy (non-hydrogen) atoms. The monoisotopic (exact) mass is 946 g/mol. The number of piperidine rings is 1. The number of amides is 1. The summed E-state index contributed by atoms with van der Waals surface area (Å²) in [5, 5.41) is 13.1. The lowest BCUT2D eigenvalue weighted by Gasteiger charge is -2.46. The summed E-state index contributed by atoms with van der Waals surface area (Å²) in [6.07, 6.45) is 9.31. The van der Waals surface area contributed by atoms with Crippen LogP contribution in [-0.2, 0) is 11.3 Å². The molecule has 3 fully saturated rings. The van der Waals surface area contributed by atoms with Crippen molar-refractivity contribution in [2.24, 2.45) is 4.99 Å². The van der Waals surface area contributed by atoms with Crippen LogP contribution in [0.1, 0.15) is 102 Å². The molecule has 1 N–H and O–H groups in total. The average Bonchev–Trinajstić information content (AvgIpc) is 4.14. The van der Waals surface area contributed by atoms with Crippen molar-refractivity contribution in [1.29, 1.82) is 0 Å². The highest BCUT2D eigenvalue weighted by Crippen LogP contribution is 2.34. The maximum Gasteiger partial charge on any atom is 0.275 e. The minimum Gasteiger partial charge on any atom is -0.385 e. The molecule has 0 spiro atoms. The van der Waals surface area contributed by atoms with E-state index in [1.165, 1.54) is 28.8 Å². The molecule has 13 heteroatoms. The molecule has 2 aromatic heterocycles. The molecule has 0 bridgehead atoms. The maximum atomic E-state index is 15.6. The molecule has 1 amide bonds. The van der Waals surface area contributed by atoms with Crippen LogP contribution in [0.5, 0.6) is 0 Å². The van der Waals surface area contributed by atoms with Gasteiger partial charge in [-0.3, -0.25) is 19.6 Å². The third-order valence-corrected chi connectivity index (χ3v) is 13.6. The molecule has 0 radical (unpaired) electrons. The van der Waals surface area contributed by atoms with Crippen molar-refractivity contribution in [1.82, 2.24) is 40.1 Å². The first-order chi connectivity index (χ1) is 32.9. The van der Waals surface area contributed by atoms with Crippen molar-refractivity contribution < 1.29 is 13.6 Å². The largest absolute Gasteiger partial charge is 0.385 e. The van der Waals surface area contributed by atoms with Gasteiger partial charge in [0.05, 0.1) is 52.8 Å². The van der Waals surface area contributed by atoms with Crippen LogP contribution in [0.4, 0.5) is 8.78 Å². The molecule has 0 aliphatic carbocycles.